The lowest BCUT2D eigenvalue weighted by atomic mass is 9.38. The maximum Gasteiger partial charge on any atom is 0.408 e. The minimum atomic E-state index is -0.570. The Balaban J connectivity index is 1.77. The third-order valence-electron chi connectivity index (χ3n) is 4.06. The molecule has 3 rings (SSSR count). The number of rotatable bonds is 4. The molecule has 6 nitrogen and oxygen atoms in total. The van der Waals surface area contributed by atoms with E-state index in [9.17, 15) is 9.59 Å². The van der Waals surface area contributed by atoms with Crippen LogP contribution in [0.25, 0.3) is 0 Å². The molecule has 1 atom stereocenters. The first-order valence-corrected chi connectivity index (χ1v) is 6.93. The third-order valence-corrected chi connectivity index (χ3v) is 4.06. The van der Waals surface area contributed by atoms with E-state index in [1.807, 2.05) is 20.8 Å². The van der Waals surface area contributed by atoms with Crippen molar-refractivity contribution in [3.63, 3.8) is 0 Å². The van der Waals surface area contributed by atoms with Crippen molar-refractivity contribution in [1.29, 1.82) is 0 Å². The average molecular weight is 284 g/mol. The Morgan fingerprint density at radius 1 is 1.30 bits per heavy atom. The maximum absolute atomic E-state index is 11.7. The summed E-state index contributed by atoms with van der Waals surface area (Å²) < 4.78 is 9.89. The van der Waals surface area contributed by atoms with Crippen LogP contribution >= 0.6 is 0 Å². The molecule has 0 heterocycles. The highest BCUT2D eigenvalue weighted by atomic mass is 16.6. The molecule has 3 saturated carbocycles. The van der Waals surface area contributed by atoms with Crippen LogP contribution in [0.4, 0.5) is 4.79 Å². The van der Waals surface area contributed by atoms with Crippen LogP contribution < -0.4 is 11.1 Å². The van der Waals surface area contributed by atoms with Crippen molar-refractivity contribution in [2.24, 2.45) is 11.1 Å². The molecule has 0 saturated heterocycles. The van der Waals surface area contributed by atoms with Crippen molar-refractivity contribution in [3.05, 3.63) is 0 Å². The van der Waals surface area contributed by atoms with Crippen molar-refractivity contribution in [1.82, 2.24) is 5.32 Å². The first-order valence-electron chi connectivity index (χ1n) is 6.93. The molecule has 2 bridgehead atoms. The van der Waals surface area contributed by atoms with E-state index in [-0.39, 0.29) is 23.0 Å². The summed E-state index contributed by atoms with van der Waals surface area (Å²) in [6.07, 6.45) is 2.85. The number of amides is 1. The smallest absolute Gasteiger partial charge is 0.408 e. The lowest BCUT2D eigenvalue weighted by Gasteiger charge is -2.71. The summed E-state index contributed by atoms with van der Waals surface area (Å²) in [6.45, 7) is 5.52. The molecule has 0 radical (unpaired) electrons. The topological polar surface area (TPSA) is 90.6 Å². The standard InChI is InChI=1S/C14H24N2O4/c1-12(2,3)20-11(18)16-14-6-13(7-14,8-14)5-9(15)10(17)19-4/h9H,5-8,15H2,1-4H3,(H,16,18). The summed E-state index contributed by atoms with van der Waals surface area (Å²) >= 11 is 0. The molecular weight excluding hydrogens is 260 g/mol. The minimum absolute atomic E-state index is 0.0998. The highest BCUT2D eigenvalue weighted by molar-refractivity contribution is 5.75. The Kier molecular flexibility index (Phi) is 3.48. The van der Waals surface area contributed by atoms with Crippen LogP contribution in [-0.2, 0) is 14.3 Å². The number of ether oxygens (including phenoxy) is 2. The van der Waals surface area contributed by atoms with Crippen molar-refractivity contribution >= 4 is 12.1 Å². The van der Waals surface area contributed by atoms with E-state index < -0.39 is 11.6 Å². The SMILES string of the molecule is COC(=O)C(N)CC12CC(NC(=O)OC(C)(C)C)(C1)C2. The monoisotopic (exact) mass is 284 g/mol. The lowest BCUT2D eigenvalue weighted by Crippen LogP contribution is -2.75. The Bertz CT molecular complexity index is 408. The molecule has 1 unspecified atom stereocenters. The van der Waals surface area contributed by atoms with Gasteiger partial charge in [0.2, 0.25) is 0 Å². The van der Waals surface area contributed by atoms with Crippen LogP contribution in [0.15, 0.2) is 0 Å². The van der Waals surface area contributed by atoms with E-state index in [2.05, 4.69) is 10.1 Å². The summed E-state index contributed by atoms with van der Waals surface area (Å²) in [5.74, 6) is -0.371. The predicted molar refractivity (Wildman–Crippen MR) is 73.0 cm³/mol. The summed E-state index contributed by atoms with van der Waals surface area (Å²) in [5, 5.41) is 2.94. The Labute approximate surface area is 119 Å². The molecule has 114 valence electrons. The van der Waals surface area contributed by atoms with E-state index in [4.69, 9.17) is 10.5 Å². The van der Waals surface area contributed by atoms with Crippen molar-refractivity contribution in [2.45, 2.75) is 63.6 Å². The maximum atomic E-state index is 11.7. The van der Waals surface area contributed by atoms with Gasteiger partial charge in [0.25, 0.3) is 0 Å². The van der Waals surface area contributed by atoms with Crippen LogP contribution in [0.1, 0.15) is 46.5 Å². The van der Waals surface area contributed by atoms with Crippen molar-refractivity contribution in [3.8, 4) is 0 Å². The number of alkyl carbamates (subject to hydrolysis) is 1. The van der Waals surface area contributed by atoms with E-state index in [1.54, 1.807) is 0 Å². The van der Waals surface area contributed by atoms with Gasteiger partial charge in [-0.05, 0) is 51.9 Å². The van der Waals surface area contributed by atoms with Gasteiger partial charge in [-0.2, -0.15) is 0 Å². The third kappa shape index (κ3) is 2.90. The molecule has 3 aliphatic carbocycles. The summed E-state index contributed by atoms with van der Waals surface area (Å²) in [5.41, 5.74) is 5.26. The number of carbonyl (C=O) groups is 2. The van der Waals surface area contributed by atoms with Gasteiger partial charge in [0, 0.05) is 5.54 Å². The molecule has 0 spiro atoms. The zero-order chi connectivity index (χ0) is 15.2. The van der Waals surface area contributed by atoms with E-state index in [1.165, 1.54) is 7.11 Å². The van der Waals surface area contributed by atoms with Gasteiger partial charge in [-0.25, -0.2) is 4.79 Å². The van der Waals surface area contributed by atoms with Gasteiger partial charge in [0.1, 0.15) is 11.6 Å². The first kappa shape index (κ1) is 15.1. The van der Waals surface area contributed by atoms with Gasteiger partial charge in [-0.15, -0.1) is 0 Å². The van der Waals surface area contributed by atoms with Crippen LogP contribution in [0, 0.1) is 5.41 Å². The summed E-state index contributed by atoms with van der Waals surface area (Å²) in [7, 11) is 1.34. The normalized spacial score (nSPS) is 32.5. The number of hydrogen-bond donors (Lipinski definition) is 2. The van der Waals surface area contributed by atoms with Gasteiger partial charge in [0.05, 0.1) is 7.11 Å². The van der Waals surface area contributed by atoms with E-state index in [0.717, 1.165) is 19.3 Å². The molecule has 3 N–H and O–H groups in total. The lowest BCUT2D eigenvalue weighted by molar-refractivity contribution is -0.168. The predicted octanol–water partition coefficient (Wildman–Crippen LogP) is 1.32. The summed E-state index contributed by atoms with van der Waals surface area (Å²) in [4.78, 5) is 23.1. The van der Waals surface area contributed by atoms with Gasteiger partial charge in [-0.3, -0.25) is 4.79 Å². The first-order chi connectivity index (χ1) is 9.09. The molecule has 0 aromatic heterocycles. The second-order valence-corrected chi connectivity index (χ2v) is 7.27. The molecule has 20 heavy (non-hydrogen) atoms. The Hall–Kier alpha value is -1.30. The molecule has 0 aliphatic heterocycles. The second-order valence-electron chi connectivity index (χ2n) is 7.27. The van der Waals surface area contributed by atoms with Crippen LogP contribution in [-0.4, -0.2) is 36.4 Å². The fourth-order valence-electron chi connectivity index (χ4n) is 3.57. The number of methoxy groups -OCH3 is 1. The molecule has 0 aromatic carbocycles. The Morgan fingerprint density at radius 3 is 2.30 bits per heavy atom. The van der Waals surface area contributed by atoms with Gasteiger partial charge in [0.15, 0.2) is 0 Å². The molecule has 3 aliphatic rings. The molecule has 3 fully saturated rings. The minimum Gasteiger partial charge on any atom is -0.468 e. The number of esters is 1. The molecule has 6 heteroatoms. The van der Waals surface area contributed by atoms with Gasteiger partial charge >= 0.3 is 12.1 Å². The summed E-state index contributed by atoms with van der Waals surface area (Å²) in [6, 6.07) is -0.570. The van der Waals surface area contributed by atoms with Gasteiger partial charge in [-0.1, -0.05) is 0 Å². The van der Waals surface area contributed by atoms with Crippen LogP contribution in [0.3, 0.4) is 0 Å². The number of nitrogens with one attached hydrogen (secondary N) is 1. The molecule has 1 amide bonds. The number of carbonyl (C=O) groups excluding carboxylic acids is 2. The largest absolute Gasteiger partial charge is 0.468 e. The van der Waals surface area contributed by atoms with Crippen LogP contribution in [0.5, 0.6) is 0 Å². The van der Waals surface area contributed by atoms with Crippen LogP contribution in [0.2, 0.25) is 0 Å². The Morgan fingerprint density at radius 2 is 1.85 bits per heavy atom. The highest BCUT2D eigenvalue weighted by Gasteiger charge is 2.68. The number of nitrogens with two attached hydrogens (primary N) is 1. The quantitative estimate of drug-likeness (QED) is 0.760. The second kappa shape index (κ2) is 4.62. The number of hydrogen-bond acceptors (Lipinski definition) is 5. The fourth-order valence-corrected chi connectivity index (χ4v) is 3.57. The zero-order valence-electron chi connectivity index (χ0n) is 12.6. The molecule has 0 aromatic rings. The average Bonchev–Trinajstić information content (AvgIpc) is 2.20. The van der Waals surface area contributed by atoms with E-state index in [0.29, 0.717) is 6.42 Å². The fraction of sp³-hybridized carbons (Fsp3) is 0.857. The zero-order valence-corrected chi connectivity index (χ0v) is 12.6. The van der Waals surface area contributed by atoms with Gasteiger partial charge < -0.3 is 20.5 Å². The van der Waals surface area contributed by atoms with Crippen molar-refractivity contribution in [2.75, 3.05) is 7.11 Å². The van der Waals surface area contributed by atoms with Crippen molar-refractivity contribution < 1.29 is 19.1 Å². The molecular formula is C14H24N2O4. The van der Waals surface area contributed by atoms with E-state index >= 15 is 0 Å². The highest BCUT2D eigenvalue weighted by Crippen LogP contribution is 2.69.